The van der Waals surface area contributed by atoms with Crippen molar-refractivity contribution in [3.8, 4) is 11.4 Å². The van der Waals surface area contributed by atoms with Gasteiger partial charge < -0.3 is 19.4 Å². The highest BCUT2D eigenvalue weighted by molar-refractivity contribution is 5.76. The minimum Gasteiger partial charge on any atom is -0.481 e. The predicted octanol–water partition coefficient (Wildman–Crippen LogP) is 0.853. The Morgan fingerprint density at radius 3 is 2.90 bits per heavy atom. The topological polar surface area (TPSA) is 118 Å². The summed E-state index contributed by atoms with van der Waals surface area (Å²) < 4.78 is 9.91. The number of carbonyl (C=O) groups is 2. The number of carboxylic acids is 1. The molecular formula is C12H13N3O5. The van der Waals surface area contributed by atoms with Gasteiger partial charge >= 0.3 is 5.97 Å². The molecular weight excluding hydrogens is 266 g/mol. The molecule has 8 heteroatoms. The van der Waals surface area contributed by atoms with Gasteiger partial charge in [0.15, 0.2) is 0 Å². The minimum atomic E-state index is -0.952. The lowest BCUT2D eigenvalue weighted by atomic mass is 10.3. The third-order valence-corrected chi connectivity index (χ3v) is 2.47. The van der Waals surface area contributed by atoms with Crippen molar-refractivity contribution in [1.29, 1.82) is 0 Å². The summed E-state index contributed by atoms with van der Waals surface area (Å²) in [5, 5.41) is 14.7. The normalized spacial score (nSPS) is 10.4. The second kappa shape index (κ2) is 6.50. The van der Waals surface area contributed by atoms with Crippen LogP contribution in [0.5, 0.6) is 0 Å². The van der Waals surface area contributed by atoms with Crippen LogP contribution in [0.15, 0.2) is 27.5 Å². The third kappa shape index (κ3) is 3.94. The lowest BCUT2D eigenvalue weighted by Crippen LogP contribution is -2.26. The smallest absolute Gasteiger partial charge is 0.305 e. The monoisotopic (exact) mass is 279 g/mol. The van der Waals surface area contributed by atoms with E-state index in [9.17, 15) is 9.59 Å². The third-order valence-electron chi connectivity index (χ3n) is 2.47. The highest BCUT2D eigenvalue weighted by Crippen LogP contribution is 2.16. The van der Waals surface area contributed by atoms with Crippen LogP contribution < -0.4 is 5.32 Å². The summed E-state index contributed by atoms with van der Waals surface area (Å²) in [5.74, 6) is -0.462. The summed E-state index contributed by atoms with van der Waals surface area (Å²) in [4.78, 5) is 25.8. The fraction of sp³-hybridized carbons (Fsp3) is 0.333. The Morgan fingerprint density at radius 2 is 2.20 bits per heavy atom. The molecule has 2 N–H and O–H groups in total. The zero-order valence-corrected chi connectivity index (χ0v) is 10.5. The average Bonchev–Trinajstić information content (AvgIpc) is 3.06. The van der Waals surface area contributed by atoms with Crippen molar-refractivity contribution in [2.45, 2.75) is 19.3 Å². The lowest BCUT2D eigenvalue weighted by molar-refractivity contribution is -0.136. The summed E-state index contributed by atoms with van der Waals surface area (Å²) >= 11 is 0. The molecule has 0 fully saturated rings. The van der Waals surface area contributed by atoms with E-state index < -0.39 is 5.97 Å². The molecule has 2 heterocycles. The molecule has 20 heavy (non-hydrogen) atoms. The Hall–Kier alpha value is -2.64. The van der Waals surface area contributed by atoms with Crippen LogP contribution in [0, 0.1) is 0 Å². The largest absolute Gasteiger partial charge is 0.481 e. The van der Waals surface area contributed by atoms with Crippen molar-refractivity contribution in [3.63, 3.8) is 0 Å². The molecule has 106 valence electrons. The lowest BCUT2D eigenvalue weighted by Gasteiger charge is -2.00. The van der Waals surface area contributed by atoms with E-state index in [1.807, 2.05) is 0 Å². The summed E-state index contributed by atoms with van der Waals surface area (Å²) in [6.45, 7) is 0.109. The maximum Gasteiger partial charge on any atom is 0.305 e. The van der Waals surface area contributed by atoms with Crippen LogP contribution in [0.25, 0.3) is 11.4 Å². The number of carbonyl (C=O) groups excluding carboxylic acids is 1. The highest BCUT2D eigenvalue weighted by atomic mass is 16.5. The van der Waals surface area contributed by atoms with E-state index in [4.69, 9.17) is 14.0 Å². The molecule has 8 nitrogen and oxygen atoms in total. The summed E-state index contributed by atoms with van der Waals surface area (Å²) in [6.07, 6.45) is 3.35. The Bertz CT molecular complexity index is 576. The summed E-state index contributed by atoms with van der Waals surface area (Å²) in [7, 11) is 0. The van der Waals surface area contributed by atoms with Crippen molar-refractivity contribution in [2.75, 3.05) is 6.54 Å². The van der Waals surface area contributed by atoms with Gasteiger partial charge in [-0.25, -0.2) is 0 Å². The fourth-order valence-electron chi connectivity index (χ4n) is 1.48. The maximum atomic E-state index is 11.4. The SMILES string of the molecule is O=C(O)CCNC(=O)CCc1nc(-c2ccoc2)no1. The molecule has 0 aliphatic heterocycles. The number of furan rings is 1. The Labute approximate surface area is 113 Å². The molecule has 0 aromatic carbocycles. The predicted molar refractivity (Wildman–Crippen MR) is 65.6 cm³/mol. The number of rotatable bonds is 7. The number of aliphatic carboxylic acids is 1. The Balaban J connectivity index is 1.77. The van der Waals surface area contributed by atoms with Crippen LogP contribution in [-0.4, -0.2) is 33.7 Å². The molecule has 0 atom stereocenters. The van der Waals surface area contributed by atoms with E-state index in [1.165, 1.54) is 12.5 Å². The Morgan fingerprint density at radius 1 is 1.35 bits per heavy atom. The van der Waals surface area contributed by atoms with Crippen molar-refractivity contribution in [3.05, 3.63) is 24.5 Å². The maximum absolute atomic E-state index is 11.4. The number of hydrogen-bond acceptors (Lipinski definition) is 6. The van der Waals surface area contributed by atoms with Crippen molar-refractivity contribution < 1.29 is 23.6 Å². The van der Waals surface area contributed by atoms with Crippen molar-refractivity contribution in [2.24, 2.45) is 0 Å². The van der Waals surface area contributed by atoms with Crippen LogP contribution in [-0.2, 0) is 16.0 Å². The molecule has 0 spiro atoms. The van der Waals surface area contributed by atoms with Gasteiger partial charge in [0.2, 0.25) is 17.6 Å². The fourth-order valence-corrected chi connectivity index (χ4v) is 1.48. The number of nitrogens with zero attached hydrogens (tertiary/aromatic N) is 2. The molecule has 0 aliphatic rings. The first kappa shape index (κ1) is 13.8. The zero-order valence-electron chi connectivity index (χ0n) is 10.5. The molecule has 2 rings (SSSR count). The number of aromatic nitrogens is 2. The average molecular weight is 279 g/mol. The van der Waals surface area contributed by atoms with E-state index in [1.54, 1.807) is 6.07 Å². The van der Waals surface area contributed by atoms with Crippen molar-refractivity contribution in [1.82, 2.24) is 15.5 Å². The number of nitrogens with one attached hydrogen (secondary N) is 1. The number of amides is 1. The van der Waals surface area contributed by atoms with Gasteiger partial charge in [-0.2, -0.15) is 4.98 Å². The summed E-state index contributed by atoms with van der Waals surface area (Å²) in [6, 6.07) is 1.70. The van der Waals surface area contributed by atoms with Crippen molar-refractivity contribution >= 4 is 11.9 Å². The first-order chi connectivity index (χ1) is 9.65. The minimum absolute atomic E-state index is 0.100. The van der Waals surface area contributed by atoms with Gasteiger partial charge in [0, 0.05) is 19.4 Å². The quantitative estimate of drug-likeness (QED) is 0.771. The molecule has 0 aliphatic carbocycles. The molecule has 0 saturated carbocycles. The van der Waals surface area contributed by atoms with Crippen LogP contribution >= 0.6 is 0 Å². The van der Waals surface area contributed by atoms with Crippen LogP contribution in [0.4, 0.5) is 0 Å². The van der Waals surface area contributed by atoms with Gasteiger partial charge in [-0.15, -0.1) is 0 Å². The molecule has 1 amide bonds. The second-order valence-corrected chi connectivity index (χ2v) is 4.02. The van der Waals surface area contributed by atoms with Gasteiger partial charge in [0.05, 0.1) is 18.2 Å². The first-order valence-corrected chi connectivity index (χ1v) is 5.99. The number of aryl methyl sites for hydroxylation is 1. The molecule has 2 aromatic rings. The molecule has 2 aromatic heterocycles. The van der Waals surface area contributed by atoms with Gasteiger partial charge in [-0.3, -0.25) is 9.59 Å². The number of hydrogen-bond donors (Lipinski definition) is 2. The van der Waals surface area contributed by atoms with Crippen LogP contribution in [0.2, 0.25) is 0 Å². The standard InChI is InChI=1S/C12H13N3O5/c16-9(13-5-3-11(17)18)1-2-10-14-12(15-20-10)8-4-6-19-7-8/h4,6-7H,1-3,5H2,(H,13,16)(H,17,18). The van der Waals surface area contributed by atoms with Crippen LogP contribution in [0.3, 0.4) is 0 Å². The van der Waals surface area contributed by atoms with E-state index in [0.717, 1.165) is 0 Å². The molecule has 0 bridgehead atoms. The number of carboxylic acid groups (broad SMARTS) is 1. The first-order valence-electron chi connectivity index (χ1n) is 5.99. The Kier molecular flexibility index (Phi) is 4.48. The van der Waals surface area contributed by atoms with Crippen LogP contribution in [0.1, 0.15) is 18.7 Å². The van der Waals surface area contributed by atoms with Gasteiger partial charge in [-0.05, 0) is 6.07 Å². The van der Waals surface area contributed by atoms with Gasteiger partial charge in [-0.1, -0.05) is 5.16 Å². The van der Waals surface area contributed by atoms with Gasteiger partial charge in [0.1, 0.15) is 6.26 Å². The van der Waals surface area contributed by atoms with E-state index in [2.05, 4.69) is 15.5 Å². The molecule has 0 unspecified atom stereocenters. The van der Waals surface area contributed by atoms with Gasteiger partial charge in [0.25, 0.3) is 0 Å². The zero-order chi connectivity index (χ0) is 14.4. The van der Waals surface area contributed by atoms with E-state index >= 15 is 0 Å². The molecule has 0 saturated heterocycles. The highest BCUT2D eigenvalue weighted by Gasteiger charge is 2.11. The van der Waals surface area contributed by atoms with E-state index in [-0.39, 0.29) is 25.3 Å². The van der Waals surface area contributed by atoms with E-state index in [0.29, 0.717) is 23.7 Å². The second-order valence-electron chi connectivity index (χ2n) is 4.02. The molecule has 0 radical (unpaired) electrons. The summed E-state index contributed by atoms with van der Waals surface area (Å²) in [5.41, 5.74) is 0.700.